The lowest BCUT2D eigenvalue weighted by atomic mass is 10.0. The first-order valence-corrected chi connectivity index (χ1v) is 9.96. The predicted octanol–water partition coefficient (Wildman–Crippen LogP) is 6.03. The number of aromatic nitrogens is 1. The summed E-state index contributed by atoms with van der Waals surface area (Å²) < 4.78 is 5.95. The van der Waals surface area contributed by atoms with Crippen LogP contribution in [0, 0.1) is 10.1 Å². The van der Waals surface area contributed by atoms with Crippen molar-refractivity contribution in [2.75, 3.05) is 0 Å². The summed E-state index contributed by atoms with van der Waals surface area (Å²) in [6, 6.07) is 20.7. The maximum Gasteiger partial charge on any atom is 0.262 e. The van der Waals surface area contributed by atoms with E-state index in [-0.39, 0.29) is 5.56 Å². The largest absolute Gasteiger partial charge is 0.867 e. The highest BCUT2D eigenvalue weighted by Crippen LogP contribution is 2.34. The van der Waals surface area contributed by atoms with E-state index in [9.17, 15) is 15.2 Å². The molecular weight excluding hydrogens is 430 g/mol. The van der Waals surface area contributed by atoms with E-state index in [0.29, 0.717) is 27.7 Å². The number of nitrogens with zero attached hydrogens (tertiary/aromatic N) is 3. The summed E-state index contributed by atoms with van der Waals surface area (Å²) in [6.07, 6.45) is 1.31. The van der Waals surface area contributed by atoms with Gasteiger partial charge in [-0.05, 0) is 47.0 Å². The van der Waals surface area contributed by atoms with Gasteiger partial charge >= 0.3 is 0 Å². The summed E-state index contributed by atoms with van der Waals surface area (Å²) in [4.78, 5) is 19.1. The van der Waals surface area contributed by atoms with Crippen LogP contribution in [0.2, 0.25) is 5.02 Å². The second kappa shape index (κ2) is 7.79. The summed E-state index contributed by atoms with van der Waals surface area (Å²) in [7, 11) is 0. The van der Waals surface area contributed by atoms with Crippen LogP contribution in [0.5, 0.6) is 5.75 Å². The number of oxazole rings is 1. The molecule has 5 aromatic rings. The fourth-order valence-corrected chi connectivity index (χ4v) is 3.74. The molecule has 156 valence electrons. The fourth-order valence-electron chi connectivity index (χ4n) is 3.50. The molecule has 0 aliphatic carbocycles. The van der Waals surface area contributed by atoms with E-state index in [2.05, 4.69) is 9.98 Å². The number of rotatable bonds is 4. The minimum absolute atomic E-state index is 0.132. The highest BCUT2D eigenvalue weighted by molar-refractivity contribution is 6.35. The van der Waals surface area contributed by atoms with Crippen molar-refractivity contribution in [2.24, 2.45) is 4.99 Å². The Morgan fingerprint density at radius 3 is 2.62 bits per heavy atom. The van der Waals surface area contributed by atoms with Gasteiger partial charge in [0.05, 0.1) is 10.6 Å². The van der Waals surface area contributed by atoms with Gasteiger partial charge in [0.2, 0.25) is 5.89 Å². The number of fused-ring (bicyclic) bond motifs is 2. The molecule has 0 bridgehead atoms. The van der Waals surface area contributed by atoms with Crippen molar-refractivity contribution in [3.8, 4) is 17.2 Å². The quantitative estimate of drug-likeness (QED) is 0.192. The number of para-hydroxylation sites is 1. The molecule has 0 amide bonds. The predicted molar refractivity (Wildman–Crippen MR) is 122 cm³/mol. The molecule has 5 rings (SSSR count). The van der Waals surface area contributed by atoms with Crippen LogP contribution in [0.1, 0.15) is 5.56 Å². The van der Waals surface area contributed by atoms with Crippen LogP contribution in [0.25, 0.3) is 33.3 Å². The van der Waals surface area contributed by atoms with Crippen molar-refractivity contribution < 1.29 is 14.4 Å². The number of hydrogen-bond acceptors (Lipinski definition) is 6. The van der Waals surface area contributed by atoms with E-state index in [1.807, 2.05) is 36.4 Å². The highest BCUT2D eigenvalue weighted by atomic mass is 35.5. The van der Waals surface area contributed by atoms with Gasteiger partial charge in [0.15, 0.2) is 5.58 Å². The van der Waals surface area contributed by atoms with Gasteiger partial charge < -0.3 is 9.52 Å². The van der Waals surface area contributed by atoms with Crippen LogP contribution in [-0.4, -0.2) is 16.1 Å². The molecule has 4 aromatic carbocycles. The lowest BCUT2D eigenvalue weighted by Gasteiger charge is -2.09. The zero-order valence-corrected chi connectivity index (χ0v) is 17.1. The third kappa shape index (κ3) is 3.44. The highest BCUT2D eigenvalue weighted by Gasteiger charge is 2.13. The molecule has 0 saturated carbocycles. The Morgan fingerprint density at radius 2 is 1.78 bits per heavy atom. The topological polar surface area (TPSA) is 105 Å². The molecule has 0 unspecified atom stereocenters. The summed E-state index contributed by atoms with van der Waals surface area (Å²) in [6.45, 7) is 0. The SMILES string of the molecule is O=[N+]([O-])c1cccc(C=Nc2ccc3oc(-c4cccc5c(Cl)cccc45)nc3c2)c1[O-]. The first-order valence-electron chi connectivity index (χ1n) is 9.58. The van der Waals surface area contributed by atoms with Gasteiger partial charge in [0, 0.05) is 28.3 Å². The van der Waals surface area contributed by atoms with Gasteiger partial charge in [-0.1, -0.05) is 48.0 Å². The number of benzene rings is 4. The molecule has 0 radical (unpaired) electrons. The van der Waals surface area contributed by atoms with Crippen LogP contribution < -0.4 is 5.11 Å². The molecule has 0 fully saturated rings. The molecule has 32 heavy (non-hydrogen) atoms. The van der Waals surface area contributed by atoms with Gasteiger partial charge in [-0.15, -0.1) is 0 Å². The van der Waals surface area contributed by atoms with Gasteiger partial charge in [0.1, 0.15) is 5.52 Å². The third-order valence-corrected chi connectivity index (χ3v) is 5.37. The number of nitro groups is 1. The molecule has 7 nitrogen and oxygen atoms in total. The monoisotopic (exact) mass is 442 g/mol. The van der Waals surface area contributed by atoms with Gasteiger partial charge in [0.25, 0.3) is 5.69 Å². The van der Waals surface area contributed by atoms with E-state index in [1.54, 1.807) is 18.2 Å². The Morgan fingerprint density at radius 1 is 1.00 bits per heavy atom. The van der Waals surface area contributed by atoms with E-state index < -0.39 is 16.4 Å². The number of aliphatic imine (C=N–C) groups is 1. The van der Waals surface area contributed by atoms with Crippen LogP contribution in [0.15, 0.2) is 82.2 Å². The molecule has 0 aliphatic rings. The van der Waals surface area contributed by atoms with Crippen molar-refractivity contribution in [2.45, 2.75) is 0 Å². The molecule has 1 heterocycles. The van der Waals surface area contributed by atoms with E-state index in [1.165, 1.54) is 24.4 Å². The van der Waals surface area contributed by atoms with Gasteiger partial charge in [-0.2, -0.15) is 0 Å². The second-order valence-corrected chi connectivity index (χ2v) is 7.43. The van der Waals surface area contributed by atoms with E-state index in [4.69, 9.17) is 16.0 Å². The first-order chi connectivity index (χ1) is 15.5. The lowest BCUT2D eigenvalue weighted by molar-refractivity contribution is -0.398. The van der Waals surface area contributed by atoms with Crippen LogP contribution >= 0.6 is 11.6 Å². The summed E-state index contributed by atoms with van der Waals surface area (Å²) in [5, 5.41) is 25.6. The van der Waals surface area contributed by atoms with Crippen LogP contribution in [-0.2, 0) is 0 Å². The molecular formula is C24H13ClN3O4-. The maximum absolute atomic E-state index is 12.2. The molecule has 0 spiro atoms. The molecule has 0 aliphatic heterocycles. The Labute approximate surface area is 186 Å². The van der Waals surface area contributed by atoms with E-state index >= 15 is 0 Å². The van der Waals surface area contributed by atoms with Crippen LogP contribution in [0.3, 0.4) is 0 Å². The number of hydrogen-bond donors (Lipinski definition) is 0. The van der Waals surface area contributed by atoms with Crippen molar-refractivity contribution >= 4 is 51.1 Å². The Balaban J connectivity index is 1.52. The first kappa shape index (κ1) is 19.7. The summed E-state index contributed by atoms with van der Waals surface area (Å²) in [5.41, 5.74) is 2.17. The molecule has 0 N–H and O–H groups in total. The minimum atomic E-state index is -0.705. The van der Waals surface area contributed by atoms with Gasteiger partial charge in [-0.25, -0.2) is 4.98 Å². The van der Waals surface area contributed by atoms with E-state index in [0.717, 1.165) is 16.3 Å². The molecule has 8 heteroatoms. The minimum Gasteiger partial charge on any atom is -0.867 e. The Hall–Kier alpha value is -4.23. The second-order valence-electron chi connectivity index (χ2n) is 7.02. The van der Waals surface area contributed by atoms with Crippen molar-refractivity contribution in [3.63, 3.8) is 0 Å². The lowest BCUT2D eigenvalue weighted by Crippen LogP contribution is -2.01. The molecule has 1 aromatic heterocycles. The zero-order chi connectivity index (χ0) is 22.2. The van der Waals surface area contributed by atoms with Gasteiger partial charge in [-0.3, -0.25) is 15.1 Å². The maximum atomic E-state index is 12.2. The van der Waals surface area contributed by atoms with Crippen LogP contribution in [0.4, 0.5) is 11.4 Å². The molecule has 0 atom stereocenters. The smallest absolute Gasteiger partial charge is 0.262 e. The summed E-state index contributed by atoms with van der Waals surface area (Å²) >= 11 is 6.31. The molecule has 0 saturated heterocycles. The fraction of sp³-hybridized carbons (Fsp3) is 0. The average molecular weight is 443 g/mol. The standard InChI is InChI=1S/C24H14ClN3O4/c25-19-8-3-5-16-17(19)6-2-7-18(16)24-27-20-12-15(10-11-22(20)32-24)26-13-14-4-1-9-21(23(14)29)28(30)31/h1-13,29H/p-1. The normalized spacial score (nSPS) is 11.5. The van der Waals surface area contributed by atoms with Crippen molar-refractivity contribution in [1.82, 2.24) is 4.98 Å². The summed E-state index contributed by atoms with van der Waals surface area (Å²) in [5.74, 6) is -0.227. The third-order valence-electron chi connectivity index (χ3n) is 5.04. The zero-order valence-electron chi connectivity index (χ0n) is 16.4. The Kier molecular flexibility index (Phi) is 4.80. The number of halogens is 1. The Bertz CT molecular complexity index is 1540. The van der Waals surface area contributed by atoms with Crippen molar-refractivity contribution in [3.05, 3.63) is 93.5 Å². The van der Waals surface area contributed by atoms with Crippen molar-refractivity contribution in [1.29, 1.82) is 0 Å². The average Bonchev–Trinajstić information content (AvgIpc) is 3.21. The number of nitro benzene ring substituents is 1.